The Kier molecular flexibility index (Phi) is 4.71. The SMILES string of the molecule is COc1ccc(/C=N\NC(=O)c2cc(C(C)C)[nH]n2)cc1. The molecule has 6 heteroatoms. The molecule has 21 heavy (non-hydrogen) atoms. The van der Waals surface area contributed by atoms with Gasteiger partial charge in [-0.15, -0.1) is 0 Å². The molecule has 1 aromatic carbocycles. The minimum absolute atomic E-state index is 0.293. The van der Waals surface area contributed by atoms with Crippen molar-refractivity contribution in [1.82, 2.24) is 15.6 Å². The number of hydrogen-bond acceptors (Lipinski definition) is 4. The molecule has 0 fully saturated rings. The Balaban J connectivity index is 1.94. The van der Waals surface area contributed by atoms with E-state index in [0.29, 0.717) is 11.6 Å². The summed E-state index contributed by atoms with van der Waals surface area (Å²) in [5.74, 6) is 0.721. The lowest BCUT2D eigenvalue weighted by molar-refractivity contribution is 0.0950. The van der Waals surface area contributed by atoms with E-state index in [2.05, 4.69) is 20.7 Å². The summed E-state index contributed by atoms with van der Waals surface area (Å²) >= 11 is 0. The molecule has 0 aliphatic heterocycles. The fourth-order valence-electron chi connectivity index (χ4n) is 1.66. The van der Waals surface area contributed by atoms with Crippen LogP contribution < -0.4 is 10.2 Å². The van der Waals surface area contributed by atoms with Gasteiger partial charge in [0.2, 0.25) is 0 Å². The monoisotopic (exact) mass is 286 g/mol. The Morgan fingerprint density at radius 2 is 2.10 bits per heavy atom. The van der Waals surface area contributed by atoms with Crippen LogP contribution >= 0.6 is 0 Å². The van der Waals surface area contributed by atoms with Crippen molar-refractivity contribution in [2.24, 2.45) is 5.10 Å². The lowest BCUT2D eigenvalue weighted by atomic mass is 10.1. The van der Waals surface area contributed by atoms with Crippen LogP contribution in [0, 0.1) is 0 Å². The fraction of sp³-hybridized carbons (Fsp3) is 0.267. The van der Waals surface area contributed by atoms with Crippen molar-refractivity contribution >= 4 is 12.1 Å². The summed E-state index contributed by atoms with van der Waals surface area (Å²) in [6.07, 6.45) is 1.56. The maximum atomic E-state index is 11.8. The number of amides is 1. The zero-order valence-corrected chi connectivity index (χ0v) is 12.3. The molecular formula is C15H18N4O2. The second-order valence-electron chi connectivity index (χ2n) is 4.84. The highest BCUT2D eigenvalue weighted by Gasteiger charge is 2.10. The molecule has 2 rings (SSSR count). The van der Waals surface area contributed by atoms with E-state index < -0.39 is 0 Å². The zero-order valence-electron chi connectivity index (χ0n) is 12.3. The molecule has 0 atom stereocenters. The summed E-state index contributed by atoms with van der Waals surface area (Å²) in [6.45, 7) is 4.05. The predicted octanol–water partition coefficient (Wildman–Crippen LogP) is 2.31. The normalized spacial score (nSPS) is 11.0. The van der Waals surface area contributed by atoms with Gasteiger partial charge in [0.15, 0.2) is 5.69 Å². The van der Waals surface area contributed by atoms with E-state index in [9.17, 15) is 4.79 Å². The van der Waals surface area contributed by atoms with Crippen molar-refractivity contribution in [1.29, 1.82) is 0 Å². The number of carbonyl (C=O) groups is 1. The lowest BCUT2D eigenvalue weighted by Crippen LogP contribution is -2.18. The summed E-state index contributed by atoms with van der Waals surface area (Å²) in [5, 5.41) is 10.7. The smallest absolute Gasteiger partial charge is 0.291 e. The van der Waals surface area contributed by atoms with Crippen LogP contribution in [0.4, 0.5) is 0 Å². The number of benzene rings is 1. The Morgan fingerprint density at radius 3 is 2.67 bits per heavy atom. The average molecular weight is 286 g/mol. The minimum Gasteiger partial charge on any atom is -0.497 e. The molecule has 1 aromatic heterocycles. The van der Waals surface area contributed by atoms with E-state index in [1.165, 1.54) is 0 Å². The molecule has 1 heterocycles. The number of rotatable bonds is 5. The van der Waals surface area contributed by atoms with Gasteiger partial charge in [0.25, 0.3) is 5.91 Å². The van der Waals surface area contributed by atoms with Crippen LogP contribution in [0.1, 0.15) is 41.5 Å². The molecule has 0 radical (unpaired) electrons. The first-order chi connectivity index (χ1) is 10.1. The molecule has 0 spiro atoms. The Morgan fingerprint density at radius 1 is 1.38 bits per heavy atom. The van der Waals surface area contributed by atoms with Crippen molar-refractivity contribution < 1.29 is 9.53 Å². The predicted molar refractivity (Wildman–Crippen MR) is 80.7 cm³/mol. The summed E-state index contributed by atoms with van der Waals surface area (Å²) in [5.41, 5.74) is 4.55. The van der Waals surface area contributed by atoms with Gasteiger partial charge >= 0.3 is 0 Å². The third kappa shape index (κ3) is 3.92. The molecule has 0 bridgehead atoms. The van der Waals surface area contributed by atoms with Crippen LogP contribution in [0.25, 0.3) is 0 Å². The van der Waals surface area contributed by atoms with E-state index in [4.69, 9.17) is 4.74 Å². The number of aromatic amines is 1. The Hall–Kier alpha value is -2.63. The molecule has 0 saturated carbocycles. The summed E-state index contributed by atoms with van der Waals surface area (Å²) in [7, 11) is 1.61. The first-order valence-electron chi connectivity index (χ1n) is 6.63. The van der Waals surface area contributed by atoms with Gasteiger partial charge in [-0.2, -0.15) is 10.2 Å². The highest BCUT2D eigenvalue weighted by molar-refractivity contribution is 5.93. The molecule has 0 unspecified atom stereocenters. The Labute approximate surface area is 123 Å². The second-order valence-corrected chi connectivity index (χ2v) is 4.84. The number of H-pyrrole nitrogens is 1. The summed E-state index contributed by atoms with van der Waals surface area (Å²) in [4.78, 5) is 11.8. The van der Waals surface area contributed by atoms with Gasteiger partial charge in [-0.3, -0.25) is 9.89 Å². The molecule has 110 valence electrons. The quantitative estimate of drug-likeness (QED) is 0.654. The number of carbonyl (C=O) groups excluding carboxylic acids is 1. The standard InChI is InChI=1S/C15H18N4O2/c1-10(2)13-8-14(18-17-13)15(20)19-16-9-11-4-6-12(21-3)7-5-11/h4-10H,1-3H3,(H,17,18)(H,19,20)/b16-9-. The van der Waals surface area contributed by atoms with Gasteiger partial charge in [-0.25, -0.2) is 5.43 Å². The van der Waals surface area contributed by atoms with Crippen LogP contribution in [0.15, 0.2) is 35.4 Å². The highest BCUT2D eigenvalue weighted by Crippen LogP contribution is 2.12. The lowest BCUT2D eigenvalue weighted by Gasteiger charge is -1.99. The van der Waals surface area contributed by atoms with E-state index in [0.717, 1.165) is 17.0 Å². The van der Waals surface area contributed by atoms with Crippen LogP contribution in [0.3, 0.4) is 0 Å². The number of methoxy groups -OCH3 is 1. The van der Waals surface area contributed by atoms with Crippen molar-refractivity contribution in [3.8, 4) is 5.75 Å². The number of nitrogens with one attached hydrogen (secondary N) is 2. The second kappa shape index (κ2) is 6.69. The minimum atomic E-state index is -0.345. The summed E-state index contributed by atoms with van der Waals surface area (Å²) in [6, 6.07) is 9.07. The zero-order chi connectivity index (χ0) is 15.2. The largest absolute Gasteiger partial charge is 0.497 e. The molecular weight excluding hydrogens is 268 g/mol. The van der Waals surface area contributed by atoms with Gasteiger partial charge in [0.05, 0.1) is 13.3 Å². The first-order valence-corrected chi connectivity index (χ1v) is 6.63. The van der Waals surface area contributed by atoms with Crippen molar-refractivity contribution in [3.05, 3.63) is 47.3 Å². The fourth-order valence-corrected chi connectivity index (χ4v) is 1.66. The van der Waals surface area contributed by atoms with E-state index >= 15 is 0 Å². The molecule has 2 N–H and O–H groups in total. The number of hydrogen-bond donors (Lipinski definition) is 2. The molecule has 0 aliphatic rings. The number of aromatic nitrogens is 2. The third-order valence-electron chi connectivity index (χ3n) is 2.95. The molecule has 2 aromatic rings. The van der Waals surface area contributed by atoms with Crippen molar-refractivity contribution in [3.63, 3.8) is 0 Å². The molecule has 0 saturated heterocycles. The van der Waals surface area contributed by atoms with Gasteiger partial charge in [-0.05, 0) is 41.8 Å². The van der Waals surface area contributed by atoms with E-state index in [-0.39, 0.29) is 5.91 Å². The number of nitrogens with zero attached hydrogens (tertiary/aromatic N) is 2. The van der Waals surface area contributed by atoms with Gasteiger partial charge in [0, 0.05) is 5.69 Å². The van der Waals surface area contributed by atoms with Crippen LogP contribution in [0.2, 0.25) is 0 Å². The number of ether oxygens (including phenoxy) is 1. The maximum Gasteiger partial charge on any atom is 0.291 e. The van der Waals surface area contributed by atoms with E-state index in [1.54, 1.807) is 19.4 Å². The first kappa shape index (κ1) is 14.8. The molecule has 6 nitrogen and oxygen atoms in total. The van der Waals surface area contributed by atoms with Gasteiger partial charge in [-0.1, -0.05) is 13.8 Å². The maximum absolute atomic E-state index is 11.8. The average Bonchev–Trinajstić information content (AvgIpc) is 2.98. The van der Waals surface area contributed by atoms with Crippen LogP contribution in [-0.2, 0) is 0 Å². The highest BCUT2D eigenvalue weighted by atomic mass is 16.5. The third-order valence-corrected chi connectivity index (χ3v) is 2.95. The van der Waals surface area contributed by atoms with E-state index in [1.807, 2.05) is 38.1 Å². The van der Waals surface area contributed by atoms with Gasteiger partial charge < -0.3 is 4.74 Å². The topological polar surface area (TPSA) is 79.4 Å². The van der Waals surface area contributed by atoms with Crippen molar-refractivity contribution in [2.75, 3.05) is 7.11 Å². The molecule has 1 amide bonds. The number of hydrazone groups is 1. The van der Waals surface area contributed by atoms with Crippen molar-refractivity contribution in [2.45, 2.75) is 19.8 Å². The Bertz CT molecular complexity index is 629. The summed E-state index contributed by atoms with van der Waals surface area (Å²) < 4.78 is 5.07. The van der Waals surface area contributed by atoms with Crippen LogP contribution in [0.5, 0.6) is 5.75 Å². The van der Waals surface area contributed by atoms with Crippen LogP contribution in [-0.4, -0.2) is 29.4 Å². The van der Waals surface area contributed by atoms with Gasteiger partial charge in [0.1, 0.15) is 5.75 Å². The molecule has 0 aliphatic carbocycles.